The molecule has 2 aromatic rings. The second-order valence-electron chi connectivity index (χ2n) is 3.50. The second-order valence-corrected chi connectivity index (χ2v) is 4.51. The van der Waals surface area contributed by atoms with Crippen molar-refractivity contribution in [1.82, 2.24) is 0 Å². The van der Waals surface area contributed by atoms with E-state index in [0.29, 0.717) is 0 Å². The number of fused-ring (bicyclic) bond motifs is 2. The Balaban J connectivity index is 0.000000963. The first-order valence-electron chi connectivity index (χ1n) is 4.95. The fraction of sp³-hybridized carbons (Fsp3) is 0.0769. The fourth-order valence-corrected chi connectivity index (χ4v) is 2.69. The van der Waals surface area contributed by atoms with Gasteiger partial charge in [0.1, 0.15) is 0 Å². The first-order chi connectivity index (χ1) is 7.43. The molecular formula is C13H10NRuS. The third-order valence-electron chi connectivity index (χ3n) is 2.48. The Kier molecular flexibility index (Phi) is 3.67. The Morgan fingerprint density at radius 1 is 0.875 bits per heavy atom. The van der Waals surface area contributed by atoms with Crippen molar-refractivity contribution in [2.45, 2.75) is 10.6 Å². The zero-order chi connectivity index (χ0) is 10.1. The maximum atomic E-state index is 4.68. The minimum absolute atomic E-state index is 0. The molecule has 1 aliphatic heterocycles. The SMILES string of the molecule is [Ru+].c1ccc2c(c1)CSc1ccccc1[N-]2. The molecule has 0 bridgehead atoms. The van der Waals surface area contributed by atoms with Gasteiger partial charge in [0.2, 0.25) is 0 Å². The van der Waals surface area contributed by atoms with Crippen molar-refractivity contribution in [3.63, 3.8) is 0 Å². The van der Waals surface area contributed by atoms with E-state index < -0.39 is 0 Å². The molecule has 0 atom stereocenters. The summed E-state index contributed by atoms with van der Waals surface area (Å²) in [6.07, 6.45) is 0. The average Bonchev–Trinajstić information content (AvgIpc) is 2.48. The molecule has 0 aliphatic carbocycles. The number of benzene rings is 2. The topological polar surface area (TPSA) is 14.1 Å². The van der Waals surface area contributed by atoms with Gasteiger partial charge in [0.15, 0.2) is 0 Å². The molecular weight excluding hydrogens is 303 g/mol. The van der Waals surface area contributed by atoms with Gasteiger partial charge in [-0.25, -0.2) is 0 Å². The van der Waals surface area contributed by atoms with Gasteiger partial charge in [0.05, 0.1) is 0 Å². The van der Waals surface area contributed by atoms with E-state index in [1.54, 1.807) is 0 Å². The van der Waals surface area contributed by atoms with E-state index >= 15 is 0 Å². The predicted molar refractivity (Wildman–Crippen MR) is 65.1 cm³/mol. The Morgan fingerprint density at radius 2 is 1.56 bits per heavy atom. The molecule has 0 unspecified atom stereocenters. The molecule has 0 fully saturated rings. The summed E-state index contributed by atoms with van der Waals surface area (Å²) in [6, 6.07) is 16.7. The van der Waals surface area contributed by atoms with Crippen LogP contribution in [0, 0.1) is 0 Å². The van der Waals surface area contributed by atoms with Crippen LogP contribution in [-0.2, 0) is 25.2 Å². The maximum Gasteiger partial charge on any atom is 1.00 e. The van der Waals surface area contributed by atoms with Crippen molar-refractivity contribution >= 4 is 23.1 Å². The van der Waals surface area contributed by atoms with Crippen LogP contribution in [0.5, 0.6) is 0 Å². The van der Waals surface area contributed by atoms with Crippen LogP contribution >= 0.6 is 11.8 Å². The molecule has 3 heteroatoms. The first-order valence-corrected chi connectivity index (χ1v) is 5.93. The number of hydrogen-bond acceptors (Lipinski definition) is 1. The van der Waals surface area contributed by atoms with Crippen LogP contribution in [0.3, 0.4) is 0 Å². The number of nitrogens with zero attached hydrogens (tertiary/aromatic N) is 1. The molecule has 3 rings (SSSR count). The van der Waals surface area contributed by atoms with Gasteiger partial charge in [-0.3, -0.25) is 0 Å². The van der Waals surface area contributed by atoms with Gasteiger partial charge >= 0.3 is 19.5 Å². The maximum absolute atomic E-state index is 4.68. The van der Waals surface area contributed by atoms with Crippen LogP contribution in [0.2, 0.25) is 0 Å². The molecule has 16 heavy (non-hydrogen) atoms. The molecule has 1 heterocycles. The van der Waals surface area contributed by atoms with Crippen molar-refractivity contribution in [1.29, 1.82) is 0 Å². The second kappa shape index (κ2) is 5.03. The number of rotatable bonds is 0. The molecule has 0 saturated heterocycles. The van der Waals surface area contributed by atoms with E-state index in [1.807, 2.05) is 23.9 Å². The zero-order valence-electron chi connectivity index (χ0n) is 8.53. The van der Waals surface area contributed by atoms with Gasteiger partial charge in [0.25, 0.3) is 0 Å². The van der Waals surface area contributed by atoms with E-state index in [2.05, 4.69) is 41.7 Å². The molecule has 1 nitrogen and oxygen atoms in total. The quantitative estimate of drug-likeness (QED) is 0.647. The molecule has 81 valence electrons. The summed E-state index contributed by atoms with van der Waals surface area (Å²) in [4.78, 5) is 1.27. The van der Waals surface area contributed by atoms with E-state index in [1.165, 1.54) is 10.5 Å². The van der Waals surface area contributed by atoms with Crippen molar-refractivity contribution in [3.8, 4) is 0 Å². The molecule has 0 N–H and O–H groups in total. The van der Waals surface area contributed by atoms with Crippen LogP contribution in [0.15, 0.2) is 53.4 Å². The molecule has 0 amide bonds. The molecule has 0 aromatic heterocycles. The van der Waals surface area contributed by atoms with Crippen LogP contribution in [0.1, 0.15) is 5.56 Å². The van der Waals surface area contributed by atoms with Crippen LogP contribution < -0.4 is 0 Å². The predicted octanol–water partition coefficient (Wildman–Crippen LogP) is 4.63. The van der Waals surface area contributed by atoms with E-state index in [-0.39, 0.29) is 19.5 Å². The van der Waals surface area contributed by atoms with Crippen LogP contribution in [0.4, 0.5) is 11.4 Å². The number of para-hydroxylation sites is 2. The van der Waals surface area contributed by atoms with Gasteiger partial charge < -0.3 is 5.32 Å². The van der Waals surface area contributed by atoms with Crippen LogP contribution in [-0.4, -0.2) is 0 Å². The van der Waals surface area contributed by atoms with Crippen molar-refractivity contribution < 1.29 is 19.5 Å². The Morgan fingerprint density at radius 3 is 2.44 bits per heavy atom. The van der Waals surface area contributed by atoms with E-state index in [4.69, 9.17) is 0 Å². The smallest absolute Gasteiger partial charge is 0.657 e. The summed E-state index contributed by atoms with van der Waals surface area (Å²) in [7, 11) is 0. The third kappa shape index (κ3) is 2.16. The summed E-state index contributed by atoms with van der Waals surface area (Å²) in [5, 5.41) is 4.68. The zero-order valence-corrected chi connectivity index (χ0v) is 11.1. The standard InChI is InChI=1S/C13H10NS.Ru/c1-2-6-11-10(5-1)9-15-13-8-4-3-7-12(13)14-11;/h1-8H,9H2;/q-1;+1. The Bertz CT molecular complexity index is 453. The Labute approximate surface area is 112 Å². The van der Waals surface area contributed by atoms with Gasteiger partial charge in [-0.1, -0.05) is 48.0 Å². The molecule has 0 saturated carbocycles. The minimum Gasteiger partial charge on any atom is -0.657 e. The normalized spacial score (nSPS) is 12.5. The van der Waals surface area contributed by atoms with Gasteiger partial charge in [-0.15, -0.1) is 23.1 Å². The van der Waals surface area contributed by atoms with Crippen LogP contribution in [0.25, 0.3) is 5.32 Å². The molecule has 1 radical (unpaired) electrons. The number of hydrogen-bond donors (Lipinski definition) is 0. The third-order valence-corrected chi connectivity index (χ3v) is 3.59. The van der Waals surface area contributed by atoms with E-state index in [9.17, 15) is 0 Å². The molecule has 1 aliphatic rings. The monoisotopic (exact) mass is 314 g/mol. The van der Waals surface area contributed by atoms with Crippen molar-refractivity contribution in [3.05, 3.63) is 59.4 Å². The van der Waals surface area contributed by atoms with Gasteiger partial charge in [-0.2, -0.15) is 0 Å². The molecule has 0 spiro atoms. The largest absolute Gasteiger partial charge is 1.00 e. The summed E-state index contributed by atoms with van der Waals surface area (Å²) in [5.74, 6) is 1.01. The molecule has 2 aromatic carbocycles. The summed E-state index contributed by atoms with van der Waals surface area (Å²) >= 11 is 1.86. The van der Waals surface area contributed by atoms with Crippen molar-refractivity contribution in [2.75, 3.05) is 0 Å². The van der Waals surface area contributed by atoms with Crippen molar-refractivity contribution in [2.24, 2.45) is 0 Å². The number of thioether (sulfide) groups is 1. The van der Waals surface area contributed by atoms with Gasteiger partial charge in [-0.05, 0) is 11.0 Å². The average molecular weight is 313 g/mol. The van der Waals surface area contributed by atoms with E-state index in [0.717, 1.165) is 17.1 Å². The summed E-state index contributed by atoms with van der Waals surface area (Å²) in [5.41, 5.74) is 3.51. The summed E-state index contributed by atoms with van der Waals surface area (Å²) in [6.45, 7) is 0. The fourth-order valence-electron chi connectivity index (χ4n) is 1.70. The first kappa shape index (κ1) is 11.7. The van der Waals surface area contributed by atoms with Gasteiger partial charge in [0, 0.05) is 5.75 Å². The minimum atomic E-state index is 0. The Hall–Kier alpha value is -0.787. The summed E-state index contributed by atoms with van der Waals surface area (Å²) < 4.78 is 0.